The number of halogens is 1. The van der Waals surface area contributed by atoms with Crippen molar-refractivity contribution >= 4 is 27.4 Å². The molecule has 1 aliphatic carbocycles. The van der Waals surface area contributed by atoms with Crippen LogP contribution in [-0.2, 0) is 10.0 Å². The molecule has 0 radical (unpaired) electrons. The summed E-state index contributed by atoms with van der Waals surface area (Å²) in [5, 5.41) is 0.166. The fraction of sp³-hybridized carbons (Fsp3) is 0.643. The lowest BCUT2D eigenvalue weighted by Gasteiger charge is -2.33. The number of pyridine rings is 1. The third-order valence-corrected chi connectivity index (χ3v) is 6.61. The Labute approximate surface area is 131 Å². The predicted octanol–water partition coefficient (Wildman–Crippen LogP) is 2.91. The van der Waals surface area contributed by atoms with Gasteiger partial charge in [-0.2, -0.15) is 4.31 Å². The van der Waals surface area contributed by atoms with E-state index >= 15 is 0 Å². The maximum absolute atomic E-state index is 12.6. The molecule has 0 atom stereocenters. The summed E-state index contributed by atoms with van der Waals surface area (Å²) in [6.07, 6.45) is 6.42. The lowest BCUT2D eigenvalue weighted by Crippen LogP contribution is -2.39. The number of nitrogen functional groups attached to an aromatic ring is 1. The van der Waals surface area contributed by atoms with Crippen LogP contribution in [0.4, 0.5) is 5.82 Å². The molecular formula is C14H22ClN3O2S. The van der Waals surface area contributed by atoms with E-state index < -0.39 is 10.0 Å². The lowest BCUT2D eigenvalue weighted by molar-refractivity contribution is 0.233. The third-order valence-electron chi connectivity index (χ3n) is 4.43. The summed E-state index contributed by atoms with van der Waals surface area (Å²) < 4.78 is 26.7. The third kappa shape index (κ3) is 3.49. The Hall–Kier alpha value is -0.850. The smallest absolute Gasteiger partial charge is 0.244 e. The van der Waals surface area contributed by atoms with Crippen molar-refractivity contribution in [3.05, 3.63) is 17.3 Å². The Morgan fingerprint density at radius 2 is 2.00 bits per heavy atom. The van der Waals surface area contributed by atoms with Gasteiger partial charge in [-0.1, -0.05) is 24.9 Å². The van der Waals surface area contributed by atoms with Crippen LogP contribution in [0.3, 0.4) is 0 Å². The first-order valence-electron chi connectivity index (χ1n) is 7.25. The van der Waals surface area contributed by atoms with E-state index in [1.165, 1.54) is 23.0 Å². The predicted molar refractivity (Wildman–Crippen MR) is 84.6 cm³/mol. The topological polar surface area (TPSA) is 76.3 Å². The molecule has 0 amide bonds. The number of hydrogen-bond donors (Lipinski definition) is 1. The number of anilines is 1. The molecule has 0 aliphatic heterocycles. The Balaban J connectivity index is 2.17. The molecule has 1 heterocycles. The fourth-order valence-corrected chi connectivity index (χ4v) is 4.47. The molecule has 2 N–H and O–H groups in total. The van der Waals surface area contributed by atoms with E-state index in [9.17, 15) is 8.42 Å². The van der Waals surface area contributed by atoms with Crippen molar-refractivity contribution in [2.24, 2.45) is 5.92 Å². The lowest BCUT2D eigenvalue weighted by atomic mass is 9.85. The quantitative estimate of drug-likeness (QED) is 0.920. The molecule has 5 nitrogen and oxygen atoms in total. The van der Waals surface area contributed by atoms with Crippen LogP contribution >= 0.6 is 11.6 Å². The zero-order valence-corrected chi connectivity index (χ0v) is 14.0. The average Bonchev–Trinajstić information content (AvgIpc) is 2.49. The van der Waals surface area contributed by atoms with E-state index in [0.717, 1.165) is 31.6 Å². The zero-order chi connectivity index (χ0) is 15.6. The first-order valence-corrected chi connectivity index (χ1v) is 9.07. The van der Waals surface area contributed by atoms with E-state index in [2.05, 4.69) is 11.9 Å². The second-order valence-corrected chi connectivity index (χ2v) is 8.05. The van der Waals surface area contributed by atoms with E-state index in [0.29, 0.717) is 0 Å². The van der Waals surface area contributed by atoms with Crippen LogP contribution in [-0.4, -0.2) is 30.8 Å². The van der Waals surface area contributed by atoms with Gasteiger partial charge in [-0.05, 0) is 37.7 Å². The van der Waals surface area contributed by atoms with E-state index in [4.69, 9.17) is 17.3 Å². The van der Waals surface area contributed by atoms with Gasteiger partial charge in [-0.15, -0.1) is 0 Å². The molecule has 7 heteroatoms. The minimum absolute atomic E-state index is 0.0501. The van der Waals surface area contributed by atoms with Crippen LogP contribution in [0.1, 0.15) is 39.0 Å². The zero-order valence-electron chi connectivity index (χ0n) is 12.4. The van der Waals surface area contributed by atoms with Gasteiger partial charge in [-0.3, -0.25) is 0 Å². The fourth-order valence-electron chi connectivity index (χ4n) is 2.85. The molecule has 1 saturated carbocycles. The second-order valence-electron chi connectivity index (χ2n) is 5.64. The van der Waals surface area contributed by atoms with Crippen molar-refractivity contribution < 1.29 is 8.42 Å². The standard InChI is InChI=1S/C14H22ClN3O2S/c1-3-10-4-6-11(7-5-10)18(2)21(19,20)12-8-13(15)14(16)17-9-12/h8-11H,3-7H2,1-2H3,(H2,16,17). The molecule has 1 aliphatic rings. The molecule has 21 heavy (non-hydrogen) atoms. The van der Waals surface area contributed by atoms with Crippen molar-refractivity contribution in [1.82, 2.24) is 9.29 Å². The van der Waals surface area contributed by atoms with Gasteiger partial charge in [0.05, 0.1) is 5.02 Å². The van der Waals surface area contributed by atoms with Gasteiger partial charge in [0.25, 0.3) is 0 Å². The normalized spacial score (nSPS) is 23.4. The summed E-state index contributed by atoms with van der Waals surface area (Å²) in [6.45, 7) is 2.19. The molecule has 0 spiro atoms. The van der Waals surface area contributed by atoms with Gasteiger partial charge in [0.1, 0.15) is 10.7 Å². The number of nitrogens with zero attached hydrogens (tertiary/aromatic N) is 2. The highest BCUT2D eigenvalue weighted by molar-refractivity contribution is 7.89. The molecule has 0 bridgehead atoms. The summed E-state index contributed by atoms with van der Waals surface area (Å²) in [5.41, 5.74) is 5.53. The second kappa shape index (κ2) is 6.50. The van der Waals surface area contributed by atoms with Crippen molar-refractivity contribution in [3.63, 3.8) is 0 Å². The van der Waals surface area contributed by atoms with E-state index in [1.807, 2.05) is 0 Å². The van der Waals surface area contributed by atoms with Gasteiger partial charge in [0.15, 0.2) is 0 Å². The Morgan fingerprint density at radius 3 is 2.52 bits per heavy atom. The highest BCUT2D eigenvalue weighted by Crippen LogP contribution is 2.32. The Morgan fingerprint density at radius 1 is 1.38 bits per heavy atom. The number of nitrogens with two attached hydrogens (primary N) is 1. The van der Waals surface area contributed by atoms with Gasteiger partial charge in [-0.25, -0.2) is 13.4 Å². The van der Waals surface area contributed by atoms with Crippen molar-refractivity contribution in [3.8, 4) is 0 Å². The number of aromatic nitrogens is 1. The maximum atomic E-state index is 12.6. The number of hydrogen-bond acceptors (Lipinski definition) is 4. The summed E-state index contributed by atoms with van der Waals surface area (Å²) in [5.74, 6) is 0.867. The molecule has 2 rings (SSSR count). The van der Waals surface area contributed by atoms with Crippen LogP contribution in [0, 0.1) is 5.92 Å². The van der Waals surface area contributed by atoms with E-state index in [1.54, 1.807) is 7.05 Å². The minimum Gasteiger partial charge on any atom is -0.382 e. The van der Waals surface area contributed by atoms with Gasteiger partial charge >= 0.3 is 0 Å². The average molecular weight is 332 g/mol. The highest BCUT2D eigenvalue weighted by atomic mass is 35.5. The van der Waals surface area contributed by atoms with Gasteiger partial charge < -0.3 is 5.73 Å². The Kier molecular flexibility index (Phi) is 5.11. The summed E-state index contributed by atoms with van der Waals surface area (Å²) in [7, 11) is -1.94. The van der Waals surface area contributed by atoms with Crippen LogP contribution in [0.2, 0.25) is 5.02 Å². The molecular weight excluding hydrogens is 310 g/mol. The maximum Gasteiger partial charge on any atom is 0.244 e. The molecule has 1 aromatic heterocycles. The molecule has 0 saturated heterocycles. The van der Waals surface area contributed by atoms with Crippen molar-refractivity contribution in [2.75, 3.05) is 12.8 Å². The largest absolute Gasteiger partial charge is 0.382 e. The summed E-state index contributed by atoms with van der Waals surface area (Å²) in [4.78, 5) is 3.94. The summed E-state index contributed by atoms with van der Waals surface area (Å²) in [6, 6.07) is 1.42. The molecule has 1 aromatic rings. The van der Waals surface area contributed by atoms with Crippen LogP contribution < -0.4 is 5.73 Å². The first kappa shape index (κ1) is 16.5. The van der Waals surface area contributed by atoms with Crippen molar-refractivity contribution in [2.45, 2.75) is 50.0 Å². The number of sulfonamides is 1. The number of rotatable bonds is 4. The van der Waals surface area contributed by atoms with Gasteiger partial charge in [0.2, 0.25) is 10.0 Å². The monoisotopic (exact) mass is 331 g/mol. The SMILES string of the molecule is CCC1CCC(N(C)S(=O)(=O)c2cnc(N)c(Cl)c2)CC1. The molecule has 0 aromatic carbocycles. The summed E-state index contributed by atoms with van der Waals surface area (Å²) >= 11 is 5.88. The molecule has 1 fully saturated rings. The molecule has 0 unspecified atom stereocenters. The molecule has 118 valence electrons. The van der Waals surface area contributed by atoms with Crippen molar-refractivity contribution in [1.29, 1.82) is 0 Å². The van der Waals surface area contributed by atoms with E-state index in [-0.39, 0.29) is 21.8 Å². The highest BCUT2D eigenvalue weighted by Gasteiger charge is 2.31. The van der Waals surface area contributed by atoms with Crippen LogP contribution in [0.5, 0.6) is 0 Å². The minimum atomic E-state index is -3.57. The Bertz CT molecular complexity index is 598. The van der Waals surface area contributed by atoms with Crippen LogP contribution in [0.15, 0.2) is 17.2 Å². The van der Waals surface area contributed by atoms with Crippen LogP contribution in [0.25, 0.3) is 0 Å². The van der Waals surface area contributed by atoms with Gasteiger partial charge in [0, 0.05) is 19.3 Å². The first-order chi connectivity index (χ1) is 9.86.